The van der Waals surface area contributed by atoms with E-state index in [9.17, 15) is 74.6 Å². The van der Waals surface area contributed by atoms with Crippen LogP contribution in [-0.4, -0.2) is 74.3 Å². The van der Waals surface area contributed by atoms with E-state index < -0.39 is 67.7 Å². The quantitative estimate of drug-likeness (QED) is 0.251. The van der Waals surface area contributed by atoms with Crippen molar-refractivity contribution in [3.63, 3.8) is 0 Å². The number of alkyl halides is 17. The molecule has 0 amide bonds. The Hall–Kier alpha value is -1.35. The highest BCUT2D eigenvalue weighted by Gasteiger charge is 2.83. The second-order valence-corrected chi connectivity index (χ2v) is 6.09. The first-order chi connectivity index (χ1) is 14.2. The minimum Gasteiger partial charge on any atom is -0.372 e. The van der Waals surface area contributed by atoms with Gasteiger partial charge in [0.15, 0.2) is 0 Å². The molecule has 33 heavy (non-hydrogen) atoms. The molecular formula is C12H7F17O4. The summed E-state index contributed by atoms with van der Waals surface area (Å²) in [7, 11) is 0. The molecule has 0 aromatic carbocycles. The summed E-state index contributed by atoms with van der Waals surface area (Å²) in [6, 6.07) is 0. The number of rotatable bonds is 12. The molecule has 4 nitrogen and oxygen atoms in total. The van der Waals surface area contributed by atoms with E-state index in [4.69, 9.17) is 0 Å². The van der Waals surface area contributed by atoms with Gasteiger partial charge in [-0.05, 0) is 0 Å². The van der Waals surface area contributed by atoms with Gasteiger partial charge in [-0.15, -0.1) is 0 Å². The molecule has 1 aliphatic rings. The average molecular weight is 538 g/mol. The number of hydrogen-bond acceptors (Lipinski definition) is 4. The van der Waals surface area contributed by atoms with E-state index >= 15 is 0 Å². The van der Waals surface area contributed by atoms with Gasteiger partial charge in [0.2, 0.25) is 0 Å². The summed E-state index contributed by atoms with van der Waals surface area (Å²) < 4.78 is 229. The molecule has 1 unspecified atom stereocenters. The molecular weight excluding hydrogens is 531 g/mol. The Kier molecular flexibility index (Phi) is 7.55. The molecule has 0 aromatic heterocycles. The lowest BCUT2D eigenvalue weighted by Crippen LogP contribution is -2.64. The molecule has 1 fully saturated rings. The molecule has 1 rings (SSSR count). The molecule has 0 aliphatic carbocycles. The lowest BCUT2D eigenvalue weighted by Gasteiger charge is -2.37. The van der Waals surface area contributed by atoms with E-state index in [1.54, 1.807) is 4.74 Å². The SMILES string of the molecule is FC(F)(F)C(F)(F)C(F)(F)OC(F)(F)C(F)(F)C(F)(F)OC(F)(F)C(F)(F)COCC1CO1. The smallest absolute Gasteiger partial charge is 0.372 e. The van der Waals surface area contributed by atoms with Gasteiger partial charge in [0.1, 0.15) is 12.7 Å². The second kappa shape index (κ2) is 8.40. The first kappa shape index (κ1) is 29.7. The van der Waals surface area contributed by atoms with Crippen molar-refractivity contribution in [3.05, 3.63) is 0 Å². The summed E-state index contributed by atoms with van der Waals surface area (Å²) in [5.41, 5.74) is 0. The molecule has 1 atom stereocenters. The van der Waals surface area contributed by atoms with Crippen molar-refractivity contribution >= 4 is 0 Å². The zero-order chi connectivity index (χ0) is 26.5. The topological polar surface area (TPSA) is 40.2 Å². The van der Waals surface area contributed by atoms with Crippen molar-refractivity contribution < 1.29 is 93.6 Å². The zero-order valence-electron chi connectivity index (χ0n) is 14.8. The van der Waals surface area contributed by atoms with Crippen LogP contribution in [0.15, 0.2) is 0 Å². The van der Waals surface area contributed by atoms with Gasteiger partial charge in [-0.2, -0.15) is 74.6 Å². The monoisotopic (exact) mass is 538 g/mol. The minimum atomic E-state index is -7.95. The molecule has 0 bridgehead atoms. The Labute approximate surface area is 169 Å². The van der Waals surface area contributed by atoms with Gasteiger partial charge in [0.05, 0.1) is 13.2 Å². The van der Waals surface area contributed by atoms with Gasteiger partial charge in [0, 0.05) is 0 Å². The van der Waals surface area contributed by atoms with E-state index in [0.717, 1.165) is 0 Å². The third kappa shape index (κ3) is 5.84. The number of halogens is 17. The van der Waals surface area contributed by atoms with Crippen LogP contribution in [0.2, 0.25) is 0 Å². The Morgan fingerprint density at radius 2 is 0.939 bits per heavy atom. The van der Waals surface area contributed by atoms with Gasteiger partial charge >= 0.3 is 48.4 Å². The molecule has 0 N–H and O–H groups in total. The molecule has 1 heterocycles. The summed E-state index contributed by atoms with van der Waals surface area (Å²) in [6.07, 6.45) is -38.3. The van der Waals surface area contributed by atoms with Gasteiger partial charge in [-0.1, -0.05) is 0 Å². The summed E-state index contributed by atoms with van der Waals surface area (Å²) in [5.74, 6) is -21.6. The van der Waals surface area contributed by atoms with Crippen molar-refractivity contribution in [3.8, 4) is 0 Å². The van der Waals surface area contributed by atoms with Crippen LogP contribution in [0.5, 0.6) is 0 Å². The van der Waals surface area contributed by atoms with E-state index in [2.05, 4.69) is 9.47 Å². The van der Waals surface area contributed by atoms with Crippen LogP contribution in [-0.2, 0) is 18.9 Å². The fourth-order valence-electron chi connectivity index (χ4n) is 1.49. The van der Waals surface area contributed by atoms with Crippen molar-refractivity contribution in [1.82, 2.24) is 0 Å². The average Bonchev–Trinajstić information content (AvgIpc) is 3.35. The van der Waals surface area contributed by atoms with Crippen LogP contribution in [0.25, 0.3) is 0 Å². The highest BCUT2D eigenvalue weighted by molar-refractivity contribution is 4.92. The van der Waals surface area contributed by atoms with E-state index in [0.29, 0.717) is 0 Å². The van der Waals surface area contributed by atoms with E-state index in [-0.39, 0.29) is 6.61 Å². The van der Waals surface area contributed by atoms with Crippen molar-refractivity contribution in [2.45, 2.75) is 54.5 Å². The Morgan fingerprint density at radius 1 is 0.576 bits per heavy atom. The minimum absolute atomic E-state index is 0.101. The third-order valence-electron chi connectivity index (χ3n) is 3.38. The maximum atomic E-state index is 13.3. The highest BCUT2D eigenvalue weighted by atomic mass is 19.4. The van der Waals surface area contributed by atoms with E-state index in [1.807, 2.05) is 0 Å². The Bertz CT molecular complexity index is 684. The predicted molar refractivity (Wildman–Crippen MR) is 63.4 cm³/mol. The summed E-state index contributed by atoms with van der Waals surface area (Å²) in [4.78, 5) is 0. The normalized spacial score (nSPS) is 19.7. The number of epoxide rings is 1. The maximum Gasteiger partial charge on any atom is 0.462 e. The van der Waals surface area contributed by atoms with Crippen LogP contribution in [0, 0.1) is 0 Å². The third-order valence-corrected chi connectivity index (χ3v) is 3.38. The van der Waals surface area contributed by atoms with Gasteiger partial charge in [-0.25, -0.2) is 9.47 Å². The molecule has 0 spiro atoms. The molecule has 0 radical (unpaired) electrons. The molecule has 0 saturated carbocycles. The maximum absolute atomic E-state index is 13.3. The molecule has 21 heteroatoms. The highest BCUT2D eigenvalue weighted by Crippen LogP contribution is 2.55. The van der Waals surface area contributed by atoms with Crippen molar-refractivity contribution in [2.24, 2.45) is 0 Å². The summed E-state index contributed by atoms with van der Waals surface area (Å²) in [5, 5.41) is 0. The molecule has 1 aliphatic heterocycles. The molecule has 198 valence electrons. The van der Waals surface area contributed by atoms with E-state index in [1.165, 1.54) is 4.74 Å². The first-order valence-electron chi connectivity index (χ1n) is 7.55. The van der Waals surface area contributed by atoms with Crippen LogP contribution in [0.1, 0.15) is 0 Å². The Morgan fingerprint density at radius 3 is 1.30 bits per heavy atom. The fourth-order valence-corrected chi connectivity index (χ4v) is 1.49. The first-order valence-corrected chi connectivity index (χ1v) is 7.55. The van der Waals surface area contributed by atoms with Gasteiger partial charge < -0.3 is 9.47 Å². The van der Waals surface area contributed by atoms with Crippen LogP contribution in [0.4, 0.5) is 74.6 Å². The fraction of sp³-hybridized carbons (Fsp3) is 1.00. The second-order valence-electron chi connectivity index (χ2n) is 6.09. The van der Waals surface area contributed by atoms with Crippen LogP contribution < -0.4 is 0 Å². The molecule has 0 aromatic rings. The lowest BCUT2D eigenvalue weighted by atomic mass is 10.2. The standard InChI is InChI=1S/C12H7F17O4/c13-5(14,3-30-1-4-2-31-4)9(22,23)32-11(26,27)7(17,18)12(28,29)33-10(24,25)6(15,16)8(19,20)21/h4H,1-3H2. The zero-order valence-corrected chi connectivity index (χ0v) is 14.8. The lowest BCUT2D eigenvalue weighted by molar-refractivity contribution is -0.542. The largest absolute Gasteiger partial charge is 0.462 e. The number of hydrogen-bond donors (Lipinski definition) is 0. The number of ether oxygens (including phenoxy) is 4. The Balaban J connectivity index is 3.11. The van der Waals surface area contributed by atoms with Gasteiger partial charge in [-0.3, -0.25) is 0 Å². The van der Waals surface area contributed by atoms with Crippen LogP contribution in [0.3, 0.4) is 0 Å². The molecule has 1 saturated heterocycles. The summed E-state index contributed by atoms with van der Waals surface area (Å²) in [6.45, 7) is -3.52. The van der Waals surface area contributed by atoms with Gasteiger partial charge in [0.25, 0.3) is 0 Å². The summed E-state index contributed by atoms with van der Waals surface area (Å²) >= 11 is 0. The van der Waals surface area contributed by atoms with Crippen molar-refractivity contribution in [1.29, 1.82) is 0 Å². The van der Waals surface area contributed by atoms with Crippen LogP contribution >= 0.6 is 0 Å². The predicted octanol–water partition coefficient (Wildman–Crippen LogP) is 5.27. The van der Waals surface area contributed by atoms with Crippen molar-refractivity contribution in [2.75, 3.05) is 19.8 Å².